The van der Waals surface area contributed by atoms with E-state index < -0.39 is 27.7 Å². The quantitative estimate of drug-likeness (QED) is 0.889. The molecule has 1 aromatic carbocycles. The minimum absolute atomic E-state index is 0.0296. The number of nitrogens with one attached hydrogen (secondary N) is 1. The molecule has 0 aromatic heterocycles. The second-order valence-corrected chi connectivity index (χ2v) is 7.86. The van der Waals surface area contributed by atoms with Crippen LogP contribution in [0.25, 0.3) is 0 Å². The maximum Gasteiger partial charge on any atom is 0.416 e. The average Bonchev–Trinajstić information content (AvgIpc) is 2.51. The Morgan fingerprint density at radius 1 is 1.38 bits per heavy atom. The zero-order valence-corrected chi connectivity index (χ0v) is 14.0. The van der Waals surface area contributed by atoms with E-state index in [1.165, 1.54) is 16.4 Å². The van der Waals surface area contributed by atoms with Crippen LogP contribution in [0.4, 0.5) is 13.2 Å². The Balaban J connectivity index is 1.96. The minimum atomic E-state index is -4.43. The van der Waals surface area contributed by atoms with Crippen LogP contribution in [-0.4, -0.2) is 38.0 Å². The molecule has 1 amide bonds. The van der Waals surface area contributed by atoms with Gasteiger partial charge in [-0.1, -0.05) is 12.1 Å². The van der Waals surface area contributed by atoms with Crippen LogP contribution in [0.2, 0.25) is 0 Å². The third-order valence-corrected chi connectivity index (χ3v) is 5.21. The third-order valence-electron chi connectivity index (χ3n) is 3.94. The van der Waals surface area contributed by atoms with Crippen LogP contribution in [0.3, 0.4) is 0 Å². The van der Waals surface area contributed by atoms with E-state index in [9.17, 15) is 26.4 Å². The number of benzene rings is 1. The van der Waals surface area contributed by atoms with Crippen molar-refractivity contribution in [3.8, 4) is 0 Å². The molecule has 0 unspecified atom stereocenters. The monoisotopic (exact) mass is 364 g/mol. The number of halogens is 3. The first-order chi connectivity index (χ1) is 11.1. The fourth-order valence-corrected chi connectivity index (χ4v) is 3.56. The van der Waals surface area contributed by atoms with Crippen molar-refractivity contribution in [2.75, 3.05) is 19.3 Å². The Morgan fingerprint density at radius 3 is 2.71 bits per heavy atom. The van der Waals surface area contributed by atoms with Gasteiger partial charge in [0.05, 0.1) is 17.7 Å². The van der Waals surface area contributed by atoms with Gasteiger partial charge < -0.3 is 5.32 Å². The molecule has 0 aliphatic carbocycles. The summed E-state index contributed by atoms with van der Waals surface area (Å²) in [6.45, 7) is 0.460. The molecule has 0 saturated carbocycles. The number of carbonyl (C=O) groups excluding carboxylic acids is 1. The van der Waals surface area contributed by atoms with Gasteiger partial charge in [-0.3, -0.25) is 4.79 Å². The fraction of sp³-hybridized carbons (Fsp3) is 0.533. The lowest BCUT2D eigenvalue weighted by atomic mass is 9.98. The molecule has 1 aliphatic heterocycles. The summed E-state index contributed by atoms with van der Waals surface area (Å²) in [5.41, 5.74) is -0.427. The van der Waals surface area contributed by atoms with Gasteiger partial charge in [-0.2, -0.15) is 13.2 Å². The molecule has 24 heavy (non-hydrogen) atoms. The van der Waals surface area contributed by atoms with Crippen molar-refractivity contribution in [1.82, 2.24) is 9.62 Å². The van der Waals surface area contributed by atoms with Gasteiger partial charge in [-0.05, 0) is 30.5 Å². The van der Waals surface area contributed by atoms with Gasteiger partial charge in [0.25, 0.3) is 0 Å². The van der Waals surface area contributed by atoms with E-state index in [0.29, 0.717) is 24.9 Å². The van der Waals surface area contributed by atoms with Crippen molar-refractivity contribution in [2.45, 2.75) is 25.6 Å². The molecule has 2 rings (SSSR count). The summed E-state index contributed by atoms with van der Waals surface area (Å²) in [7, 11) is -3.35. The first-order valence-corrected chi connectivity index (χ1v) is 9.31. The second-order valence-electron chi connectivity index (χ2n) is 5.88. The summed E-state index contributed by atoms with van der Waals surface area (Å²) in [4.78, 5) is 12.2. The molecule has 134 valence electrons. The fourth-order valence-electron chi connectivity index (χ4n) is 2.65. The molecular formula is C15H19F3N2O3S. The molecule has 1 heterocycles. The molecule has 1 fully saturated rings. The lowest BCUT2D eigenvalue weighted by molar-refractivity contribution is -0.137. The highest BCUT2D eigenvalue weighted by atomic mass is 32.2. The Kier molecular flexibility index (Phi) is 5.54. The number of amides is 1. The summed E-state index contributed by atoms with van der Waals surface area (Å²) in [5, 5.41) is 2.59. The number of hydrogen-bond acceptors (Lipinski definition) is 3. The summed E-state index contributed by atoms with van der Waals surface area (Å²) in [6.07, 6.45) is -2.20. The Bertz CT molecular complexity index is 704. The topological polar surface area (TPSA) is 66.5 Å². The molecular weight excluding hydrogens is 345 g/mol. The lowest BCUT2D eigenvalue weighted by Crippen LogP contribution is -2.44. The summed E-state index contributed by atoms with van der Waals surface area (Å²) in [5.74, 6) is -0.833. The van der Waals surface area contributed by atoms with E-state index in [2.05, 4.69) is 5.32 Å². The molecule has 1 saturated heterocycles. The largest absolute Gasteiger partial charge is 0.416 e. The number of nitrogens with zero attached hydrogens (tertiary/aromatic N) is 1. The van der Waals surface area contributed by atoms with Crippen LogP contribution in [0, 0.1) is 5.92 Å². The maximum atomic E-state index is 12.7. The van der Waals surface area contributed by atoms with Gasteiger partial charge in [0.2, 0.25) is 15.9 Å². The van der Waals surface area contributed by atoms with E-state index in [0.717, 1.165) is 18.4 Å². The molecule has 0 radical (unpaired) electrons. The highest BCUT2D eigenvalue weighted by molar-refractivity contribution is 7.88. The van der Waals surface area contributed by atoms with Crippen LogP contribution in [0.15, 0.2) is 24.3 Å². The smallest absolute Gasteiger partial charge is 0.352 e. The van der Waals surface area contributed by atoms with Gasteiger partial charge >= 0.3 is 6.18 Å². The van der Waals surface area contributed by atoms with Crippen LogP contribution in [0.1, 0.15) is 24.0 Å². The van der Waals surface area contributed by atoms with Crippen molar-refractivity contribution < 1.29 is 26.4 Å². The van der Waals surface area contributed by atoms with Crippen LogP contribution >= 0.6 is 0 Å². The van der Waals surface area contributed by atoms with Gasteiger partial charge in [-0.25, -0.2) is 12.7 Å². The number of alkyl halides is 3. The van der Waals surface area contributed by atoms with Crippen molar-refractivity contribution in [2.24, 2.45) is 5.92 Å². The predicted octanol–water partition coefficient (Wildman–Crippen LogP) is 1.99. The molecule has 1 N–H and O–H groups in total. The molecule has 0 spiro atoms. The SMILES string of the molecule is CS(=O)(=O)N1CCC[C@H](C(=O)NCc2cccc(C(F)(F)F)c2)C1. The normalized spacial score (nSPS) is 19.9. The number of rotatable bonds is 4. The highest BCUT2D eigenvalue weighted by Gasteiger charge is 2.31. The number of sulfonamides is 1. The standard InChI is InChI=1S/C15H19F3N2O3S/c1-24(22,23)20-7-3-5-12(10-20)14(21)19-9-11-4-2-6-13(8-11)15(16,17)18/h2,4,6,8,12H,3,5,7,9-10H2,1H3,(H,19,21)/t12-/m0/s1. The van der Waals surface area contributed by atoms with E-state index in [-0.39, 0.29) is 19.0 Å². The molecule has 0 bridgehead atoms. The summed E-state index contributed by atoms with van der Waals surface area (Å²) in [6, 6.07) is 4.75. The van der Waals surface area contributed by atoms with Crippen molar-refractivity contribution in [3.05, 3.63) is 35.4 Å². The Hall–Kier alpha value is -1.61. The number of piperidine rings is 1. The average molecular weight is 364 g/mol. The zero-order chi connectivity index (χ0) is 18.0. The highest BCUT2D eigenvalue weighted by Crippen LogP contribution is 2.29. The Morgan fingerprint density at radius 2 is 2.08 bits per heavy atom. The van der Waals surface area contributed by atoms with Crippen molar-refractivity contribution in [1.29, 1.82) is 0 Å². The van der Waals surface area contributed by atoms with Gasteiger partial charge in [0.1, 0.15) is 0 Å². The molecule has 1 aliphatic rings. The zero-order valence-electron chi connectivity index (χ0n) is 13.1. The van der Waals surface area contributed by atoms with Gasteiger partial charge in [0, 0.05) is 19.6 Å². The summed E-state index contributed by atoms with van der Waals surface area (Å²) >= 11 is 0. The van der Waals surface area contributed by atoms with Crippen LogP contribution < -0.4 is 5.32 Å². The first kappa shape index (κ1) is 18.7. The molecule has 1 atom stereocenters. The van der Waals surface area contributed by atoms with Crippen LogP contribution in [-0.2, 0) is 27.5 Å². The lowest BCUT2D eigenvalue weighted by Gasteiger charge is -2.30. The first-order valence-electron chi connectivity index (χ1n) is 7.46. The van der Waals surface area contributed by atoms with Crippen LogP contribution in [0.5, 0.6) is 0 Å². The molecule has 5 nitrogen and oxygen atoms in total. The maximum absolute atomic E-state index is 12.7. The Labute approximate surface area is 138 Å². The minimum Gasteiger partial charge on any atom is -0.352 e. The predicted molar refractivity (Wildman–Crippen MR) is 82.4 cm³/mol. The van der Waals surface area contributed by atoms with Gasteiger partial charge in [0.15, 0.2) is 0 Å². The number of carbonyl (C=O) groups is 1. The van der Waals surface area contributed by atoms with E-state index in [4.69, 9.17) is 0 Å². The van der Waals surface area contributed by atoms with Crippen molar-refractivity contribution >= 4 is 15.9 Å². The van der Waals surface area contributed by atoms with E-state index >= 15 is 0 Å². The molecule has 9 heteroatoms. The van der Waals surface area contributed by atoms with Gasteiger partial charge in [-0.15, -0.1) is 0 Å². The third kappa shape index (κ3) is 4.94. The second kappa shape index (κ2) is 7.10. The number of hydrogen-bond donors (Lipinski definition) is 1. The van der Waals surface area contributed by atoms with E-state index in [1.807, 2.05) is 0 Å². The summed E-state index contributed by atoms with van der Waals surface area (Å²) < 4.78 is 62.3. The molecule has 1 aromatic rings. The van der Waals surface area contributed by atoms with Crippen molar-refractivity contribution in [3.63, 3.8) is 0 Å². The van der Waals surface area contributed by atoms with E-state index in [1.54, 1.807) is 0 Å².